The first kappa shape index (κ1) is 9.46. The standard InChI is InChI=1S/BH3O3.La/c2-1(3)4;/h2-4H;. The van der Waals surface area contributed by atoms with E-state index in [4.69, 9.17) is 15.1 Å². The van der Waals surface area contributed by atoms with Crippen molar-refractivity contribution in [1.82, 2.24) is 0 Å². The summed E-state index contributed by atoms with van der Waals surface area (Å²) in [6, 6.07) is 0. The molecule has 3 N–H and O–H groups in total. The molecule has 0 saturated carbocycles. The van der Waals surface area contributed by atoms with Gasteiger partial charge in [0.05, 0.1) is 0 Å². The Morgan fingerprint density at radius 3 is 1.00 bits per heavy atom. The topological polar surface area (TPSA) is 60.7 Å². The molecule has 0 amide bonds. The van der Waals surface area contributed by atoms with Gasteiger partial charge < -0.3 is 15.1 Å². The van der Waals surface area contributed by atoms with Crippen molar-refractivity contribution >= 4 is 7.32 Å². The van der Waals surface area contributed by atoms with Gasteiger partial charge in [0.1, 0.15) is 0 Å². The molecule has 0 saturated heterocycles. The van der Waals surface area contributed by atoms with Crippen molar-refractivity contribution in [2.24, 2.45) is 0 Å². The molecule has 0 aromatic carbocycles. The van der Waals surface area contributed by atoms with Crippen molar-refractivity contribution < 1.29 is 50.7 Å². The SMILES string of the molecule is OB(O)O.[La]. The summed E-state index contributed by atoms with van der Waals surface area (Å²) >= 11 is 0. The van der Waals surface area contributed by atoms with E-state index >= 15 is 0 Å². The van der Waals surface area contributed by atoms with Crippen molar-refractivity contribution in [3.8, 4) is 0 Å². The van der Waals surface area contributed by atoms with Crippen molar-refractivity contribution in [3.63, 3.8) is 0 Å². The molecule has 0 fully saturated rings. The predicted octanol–water partition coefficient (Wildman–Crippen LogP) is -2.05. The Morgan fingerprint density at radius 2 is 1.00 bits per heavy atom. The van der Waals surface area contributed by atoms with Crippen molar-refractivity contribution in [2.45, 2.75) is 0 Å². The minimum atomic E-state index is -2.17. The van der Waals surface area contributed by atoms with Crippen molar-refractivity contribution in [3.05, 3.63) is 0 Å². The van der Waals surface area contributed by atoms with Gasteiger partial charge in [-0.1, -0.05) is 0 Å². The summed E-state index contributed by atoms with van der Waals surface area (Å²) in [5.74, 6) is 0. The van der Waals surface area contributed by atoms with Crippen LogP contribution in [0, 0.1) is 35.6 Å². The Morgan fingerprint density at radius 1 is 1.00 bits per heavy atom. The van der Waals surface area contributed by atoms with Crippen molar-refractivity contribution in [2.75, 3.05) is 0 Å². The third-order valence-corrected chi connectivity index (χ3v) is 0. The number of hydrogen-bond acceptors (Lipinski definition) is 3. The molecule has 3 nitrogen and oxygen atoms in total. The Bertz CT molecular complexity index is 11.6. The van der Waals surface area contributed by atoms with Crippen LogP contribution in [0.25, 0.3) is 0 Å². The summed E-state index contributed by atoms with van der Waals surface area (Å²) in [5.41, 5.74) is 0. The molecule has 0 bridgehead atoms. The molecule has 0 unspecified atom stereocenters. The first-order chi connectivity index (χ1) is 1.73. The Kier molecular flexibility index (Phi) is 9.73. The van der Waals surface area contributed by atoms with E-state index in [-0.39, 0.29) is 35.6 Å². The minimum absolute atomic E-state index is 0. The van der Waals surface area contributed by atoms with E-state index in [0.717, 1.165) is 0 Å². The van der Waals surface area contributed by atoms with Crippen LogP contribution in [0.15, 0.2) is 0 Å². The molecule has 1 radical (unpaired) electrons. The van der Waals surface area contributed by atoms with Gasteiger partial charge in [-0.25, -0.2) is 0 Å². The zero-order valence-corrected chi connectivity index (χ0v) is 6.12. The van der Waals surface area contributed by atoms with Crippen LogP contribution in [-0.4, -0.2) is 22.4 Å². The van der Waals surface area contributed by atoms with E-state index < -0.39 is 7.32 Å². The fourth-order valence-electron chi connectivity index (χ4n) is 0. The van der Waals surface area contributed by atoms with Crippen LogP contribution in [0.3, 0.4) is 0 Å². The largest absolute Gasteiger partial charge is 0.631 e. The van der Waals surface area contributed by atoms with Crippen LogP contribution in [0.5, 0.6) is 0 Å². The van der Waals surface area contributed by atoms with Gasteiger partial charge in [-0.2, -0.15) is 0 Å². The number of rotatable bonds is 0. The molecule has 27 valence electrons. The molecule has 0 aromatic rings. The Hall–Kier alpha value is 1.14. The van der Waals surface area contributed by atoms with Crippen molar-refractivity contribution in [1.29, 1.82) is 0 Å². The molecule has 0 atom stereocenters. The van der Waals surface area contributed by atoms with Gasteiger partial charge in [-0.05, 0) is 0 Å². The van der Waals surface area contributed by atoms with Crippen LogP contribution < -0.4 is 0 Å². The second-order valence-corrected chi connectivity index (χ2v) is 0.346. The van der Waals surface area contributed by atoms with Crippen LogP contribution in [-0.2, 0) is 0 Å². The maximum Gasteiger partial charge on any atom is 0.631 e. The zero-order valence-electron chi connectivity index (χ0n) is 2.50. The molecular formula is H3BLaO3. The molecule has 0 heterocycles. The predicted molar refractivity (Wildman–Crippen MR) is 12.4 cm³/mol. The summed E-state index contributed by atoms with van der Waals surface area (Å²) < 4.78 is 0. The molecule has 5 heavy (non-hydrogen) atoms. The molecule has 0 aliphatic carbocycles. The fraction of sp³-hybridized carbons (Fsp3) is 0. The Labute approximate surface area is 57.8 Å². The summed E-state index contributed by atoms with van der Waals surface area (Å²) in [4.78, 5) is 0. The van der Waals surface area contributed by atoms with Gasteiger partial charge in [0.2, 0.25) is 0 Å². The molecule has 5 heteroatoms. The third kappa shape index (κ3) is 39.0. The van der Waals surface area contributed by atoms with E-state index in [1.165, 1.54) is 0 Å². The normalized spacial score (nSPS) is 5.40. The summed E-state index contributed by atoms with van der Waals surface area (Å²) in [5, 5.41) is 21.5. The van der Waals surface area contributed by atoms with Gasteiger partial charge in [-0.3, -0.25) is 0 Å². The van der Waals surface area contributed by atoms with E-state index in [2.05, 4.69) is 0 Å². The van der Waals surface area contributed by atoms with Gasteiger partial charge in [0.15, 0.2) is 0 Å². The van der Waals surface area contributed by atoms with E-state index in [1.807, 2.05) is 0 Å². The molecule has 0 aliphatic rings. The van der Waals surface area contributed by atoms with Gasteiger partial charge >= 0.3 is 7.32 Å². The average Bonchev–Trinajstić information content (AvgIpc) is 0.811. The van der Waals surface area contributed by atoms with Crippen LogP contribution in [0.1, 0.15) is 0 Å². The number of hydrogen-bond donors (Lipinski definition) is 3. The molecule has 0 aliphatic heterocycles. The van der Waals surface area contributed by atoms with E-state index in [1.54, 1.807) is 0 Å². The van der Waals surface area contributed by atoms with Gasteiger partial charge in [0, 0.05) is 35.6 Å². The van der Waals surface area contributed by atoms with Crippen LogP contribution >= 0.6 is 0 Å². The minimum Gasteiger partial charge on any atom is -0.402 e. The monoisotopic (exact) mass is 201 g/mol. The Balaban J connectivity index is 0. The van der Waals surface area contributed by atoms with Crippen LogP contribution in [0.2, 0.25) is 0 Å². The third-order valence-electron chi connectivity index (χ3n) is 0. The van der Waals surface area contributed by atoms with E-state index in [0.29, 0.717) is 0 Å². The van der Waals surface area contributed by atoms with E-state index in [9.17, 15) is 0 Å². The van der Waals surface area contributed by atoms with Gasteiger partial charge in [-0.15, -0.1) is 0 Å². The second kappa shape index (κ2) is 5.14. The molecule has 0 rings (SSSR count). The summed E-state index contributed by atoms with van der Waals surface area (Å²) in [6.07, 6.45) is 0. The zero-order chi connectivity index (χ0) is 3.58. The first-order valence-electron chi connectivity index (χ1n) is 0.775. The quantitative estimate of drug-likeness (QED) is 0.395. The first-order valence-corrected chi connectivity index (χ1v) is 0.775. The maximum atomic E-state index is 7.17. The summed E-state index contributed by atoms with van der Waals surface area (Å²) in [6.45, 7) is 0. The molecule has 0 aromatic heterocycles. The molecule has 0 spiro atoms. The molecular weight excluding hydrogens is 198 g/mol. The smallest absolute Gasteiger partial charge is 0.402 e. The van der Waals surface area contributed by atoms with Gasteiger partial charge in [0.25, 0.3) is 0 Å². The van der Waals surface area contributed by atoms with Crippen LogP contribution in [0.4, 0.5) is 0 Å². The fourth-order valence-corrected chi connectivity index (χ4v) is 0. The maximum absolute atomic E-state index is 7.17. The average molecular weight is 201 g/mol. The summed E-state index contributed by atoms with van der Waals surface area (Å²) in [7, 11) is -2.17. The second-order valence-electron chi connectivity index (χ2n) is 0.346.